The van der Waals surface area contributed by atoms with Crippen LogP contribution in [0.5, 0.6) is 5.75 Å². The van der Waals surface area contributed by atoms with E-state index < -0.39 is 5.97 Å². The Balaban J connectivity index is 2.08. The number of hydrogen-bond donors (Lipinski definition) is 1. The van der Waals surface area contributed by atoms with E-state index in [4.69, 9.17) is 19.3 Å². The van der Waals surface area contributed by atoms with Crippen molar-refractivity contribution in [3.05, 3.63) is 42.0 Å². The zero-order valence-electron chi connectivity index (χ0n) is 11.2. The van der Waals surface area contributed by atoms with Crippen LogP contribution >= 0.6 is 0 Å². The second-order valence-corrected chi connectivity index (χ2v) is 4.16. The first kappa shape index (κ1) is 14.3. The van der Waals surface area contributed by atoms with Crippen molar-refractivity contribution in [1.82, 2.24) is 0 Å². The van der Waals surface area contributed by atoms with Gasteiger partial charge in [0.25, 0.3) is 0 Å². The number of ether oxygens (including phenoxy) is 3. The first-order valence-electron chi connectivity index (χ1n) is 6.18. The van der Waals surface area contributed by atoms with Gasteiger partial charge in [-0.05, 0) is 35.0 Å². The van der Waals surface area contributed by atoms with Gasteiger partial charge in [-0.15, -0.1) is 0 Å². The monoisotopic (exact) mass is 276 g/mol. The summed E-state index contributed by atoms with van der Waals surface area (Å²) in [5.74, 6) is -0.301. The second kappa shape index (κ2) is 6.88. The number of carboxylic acids is 1. The molecule has 2 aromatic carbocycles. The number of carboxylic acid groups (broad SMARTS) is 1. The van der Waals surface area contributed by atoms with Crippen molar-refractivity contribution < 1.29 is 24.1 Å². The van der Waals surface area contributed by atoms with E-state index in [1.54, 1.807) is 37.4 Å². The molecule has 0 unspecified atom stereocenters. The first-order valence-corrected chi connectivity index (χ1v) is 6.18. The Kier molecular flexibility index (Phi) is 4.92. The zero-order chi connectivity index (χ0) is 14.4. The van der Waals surface area contributed by atoms with Gasteiger partial charge in [0.1, 0.15) is 5.75 Å². The number of aromatic carboxylic acids is 1. The molecule has 0 aliphatic heterocycles. The third-order valence-corrected chi connectivity index (χ3v) is 2.82. The first-order chi connectivity index (χ1) is 9.72. The summed E-state index contributed by atoms with van der Waals surface area (Å²) in [4.78, 5) is 11.1. The molecule has 2 rings (SSSR count). The topological polar surface area (TPSA) is 65.0 Å². The summed E-state index contributed by atoms with van der Waals surface area (Å²) in [6.07, 6.45) is 0. The van der Waals surface area contributed by atoms with Gasteiger partial charge in [0.05, 0.1) is 18.8 Å². The van der Waals surface area contributed by atoms with Crippen molar-refractivity contribution in [2.75, 3.05) is 27.1 Å². The lowest BCUT2D eigenvalue weighted by molar-refractivity contribution is -0.00841. The van der Waals surface area contributed by atoms with Crippen LogP contribution < -0.4 is 4.74 Å². The zero-order valence-corrected chi connectivity index (χ0v) is 11.2. The summed E-state index contributed by atoms with van der Waals surface area (Å²) in [7, 11) is 1.60. The van der Waals surface area contributed by atoms with Crippen LogP contribution in [-0.2, 0) is 9.47 Å². The minimum Gasteiger partial charge on any atom is -0.478 e. The third-order valence-electron chi connectivity index (χ3n) is 2.82. The highest BCUT2D eigenvalue weighted by molar-refractivity contribution is 6.03. The Morgan fingerprint density at radius 2 is 2.05 bits per heavy atom. The molecule has 0 heterocycles. The van der Waals surface area contributed by atoms with Crippen molar-refractivity contribution in [1.29, 1.82) is 0 Å². The molecule has 106 valence electrons. The van der Waals surface area contributed by atoms with Gasteiger partial charge in [-0.2, -0.15) is 0 Å². The number of rotatable bonds is 7. The van der Waals surface area contributed by atoms with Crippen LogP contribution in [0.3, 0.4) is 0 Å². The molecule has 5 nitrogen and oxygen atoms in total. The molecule has 0 radical (unpaired) electrons. The van der Waals surface area contributed by atoms with E-state index in [1.807, 2.05) is 6.07 Å². The van der Waals surface area contributed by atoms with Crippen LogP contribution in [-0.4, -0.2) is 38.2 Å². The minimum atomic E-state index is -0.938. The SMILES string of the molecule is COCCOCOc1ccc2c(C(=O)O)cccc2c1. The molecule has 0 atom stereocenters. The van der Waals surface area contributed by atoms with E-state index in [2.05, 4.69) is 0 Å². The highest BCUT2D eigenvalue weighted by Crippen LogP contribution is 2.24. The fourth-order valence-corrected chi connectivity index (χ4v) is 1.85. The number of hydrogen-bond acceptors (Lipinski definition) is 4. The van der Waals surface area contributed by atoms with Crippen molar-refractivity contribution in [3.63, 3.8) is 0 Å². The maximum Gasteiger partial charge on any atom is 0.336 e. The van der Waals surface area contributed by atoms with Gasteiger partial charge in [-0.1, -0.05) is 12.1 Å². The highest BCUT2D eigenvalue weighted by atomic mass is 16.7. The average molecular weight is 276 g/mol. The van der Waals surface area contributed by atoms with Crippen LogP contribution in [0, 0.1) is 0 Å². The van der Waals surface area contributed by atoms with E-state index in [1.165, 1.54) is 0 Å². The predicted molar refractivity (Wildman–Crippen MR) is 74.2 cm³/mol. The van der Waals surface area contributed by atoms with Crippen molar-refractivity contribution >= 4 is 16.7 Å². The normalized spacial score (nSPS) is 10.7. The number of carbonyl (C=O) groups is 1. The molecule has 1 N–H and O–H groups in total. The number of benzene rings is 2. The van der Waals surface area contributed by atoms with Crippen LogP contribution in [0.2, 0.25) is 0 Å². The molecule has 0 amide bonds. The standard InChI is InChI=1S/C15H16O5/c1-18-7-8-19-10-20-12-5-6-13-11(9-12)3-2-4-14(13)15(16)17/h2-6,9H,7-8,10H2,1H3,(H,16,17). The number of methoxy groups -OCH3 is 1. The van der Waals surface area contributed by atoms with Gasteiger partial charge in [0.15, 0.2) is 6.79 Å². The molecule has 0 aromatic heterocycles. The molecule has 0 spiro atoms. The summed E-state index contributed by atoms with van der Waals surface area (Å²) in [5.41, 5.74) is 0.283. The molecule has 20 heavy (non-hydrogen) atoms. The van der Waals surface area contributed by atoms with Gasteiger partial charge in [0, 0.05) is 7.11 Å². The number of fused-ring (bicyclic) bond motifs is 1. The Labute approximate surface area is 116 Å². The summed E-state index contributed by atoms with van der Waals surface area (Å²) in [6, 6.07) is 10.4. The lowest BCUT2D eigenvalue weighted by Gasteiger charge is -2.08. The quantitative estimate of drug-likeness (QED) is 0.622. The summed E-state index contributed by atoms with van der Waals surface area (Å²) < 4.78 is 15.5. The van der Waals surface area contributed by atoms with E-state index >= 15 is 0 Å². The Morgan fingerprint density at radius 1 is 1.20 bits per heavy atom. The Morgan fingerprint density at radius 3 is 2.80 bits per heavy atom. The molecule has 0 saturated carbocycles. The van der Waals surface area contributed by atoms with Crippen LogP contribution in [0.15, 0.2) is 36.4 Å². The fraction of sp³-hybridized carbons (Fsp3) is 0.267. The molecule has 0 aliphatic rings. The highest BCUT2D eigenvalue weighted by Gasteiger charge is 2.08. The van der Waals surface area contributed by atoms with Crippen molar-refractivity contribution in [2.24, 2.45) is 0 Å². The molecular weight excluding hydrogens is 260 g/mol. The van der Waals surface area contributed by atoms with Gasteiger partial charge >= 0.3 is 5.97 Å². The van der Waals surface area contributed by atoms with Gasteiger partial charge in [-0.25, -0.2) is 4.79 Å². The van der Waals surface area contributed by atoms with Crippen molar-refractivity contribution in [3.8, 4) is 5.75 Å². The van der Waals surface area contributed by atoms with Gasteiger partial charge < -0.3 is 19.3 Å². The lowest BCUT2D eigenvalue weighted by atomic mass is 10.0. The average Bonchev–Trinajstić information content (AvgIpc) is 2.46. The second-order valence-electron chi connectivity index (χ2n) is 4.16. The molecular formula is C15H16O5. The van der Waals surface area contributed by atoms with E-state index in [0.29, 0.717) is 24.3 Å². The van der Waals surface area contributed by atoms with Crippen LogP contribution in [0.4, 0.5) is 0 Å². The Bertz CT molecular complexity index is 594. The summed E-state index contributed by atoms with van der Waals surface area (Å²) in [6.45, 7) is 1.11. The molecule has 0 fully saturated rings. The molecule has 2 aromatic rings. The Hall–Kier alpha value is -2.11. The van der Waals surface area contributed by atoms with E-state index in [9.17, 15) is 4.79 Å². The molecule has 5 heteroatoms. The lowest BCUT2D eigenvalue weighted by Crippen LogP contribution is -2.07. The maximum atomic E-state index is 11.1. The van der Waals surface area contributed by atoms with Gasteiger partial charge in [-0.3, -0.25) is 0 Å². The summed E-state index contributed by atoms with van der Waals surface area (Å²) >= 11 is 0. The molecule has 0 bridgehead atoms. The third kappa shape index (κ3) is 3.46. The summed E-state index contributed by atoms with van der Waals surface area (Å²) in [5, 5.41) is 10.6. The van der Waals surface area contributed by atoms with E-state index in [-0.39, 0.29) is 12.4 Å². The minimum absolute atomic E-state index is 0.132. The molecule has 0 aliphatic carbocycles. The predicted octanol–water partition coefficient (Wildman–Crippen LogP) is 2.54. The van der Waals surface area contributed by atoms with Crippen molar-refractivity contribution in [2.45, 2.75) is 0 Å². The fourth-order valence-electron chi connectivity index (χ4n) is 1.85. The maximum absolute atomic E-state index is 11.1. The smallest absolute Gasteiger partial charge is 0.336 e. The van der Waals surface area contributed by atoms with Gasteiger partial charge in [0.2, 0.25) is 0 Å². The van der Waals surface area contributed by atoms with Crippen LogP contribution in [0.25, 0.3) is 10.8 Å². The molecule has 0 saturated heterocycles. The van der Waals surface area contributed by atoms with Crippen LogP contribution in [0.1, 0.15) is 10.4 Å². The largest absolute Gasteiger partial charge is 0.478 e. The van der Waals surface area contributed by atoms with E-state index in [0.717, 1.165) is 5.39 Å².